The summed E-state index contributed by atoms with van der Waals surface area (Å²) in [6.45, 7) is 3.98. The number of rotatable bonds is 6. The first-order chi connectivity index (χ1) is 13.0. The molecule has 0 radical (unpaired) electrons. The smallest absolute Gasteiger partial charge is 0.252 e. The molecule has 1 amide bonds. The predicted octanol–water partition coefficient (Wildman–Crippen LogP) is 5.05. The van der Waals surface area contributed by atoms with Crippen LogP contribution in [0.5, 0.6) is 0 Å². The van der Waals surface area contributed by atoms with E-state index in [4.69, 9.17) is 16.1 Å². The molecule has 140 valence electrons. The molecule has 5 nitrogen and oxygen atoms in total. The molecule has 1 heterocycles. The van der Waals surface area contributed by atoms with Crippen molar-refractivity contribution < 1.29 is 13.7 Å². The zero-order chi connectivity index (χ0) is 19.4. The Morgan fingerprint density at radius 3 is 2.67 bits per heavy atom. The van der Waals surface area contributed by atoms with Gasteiger partial charge in [0.05, 0.1) is 0 Å². The summed E-state index contributed by atoms with van der Waals surface area (Å²) in [5.41, 5.74) is 0.995. The van der Waals surface area contributed by atoms with E-state index in [2.05, 4.69) is 15.5 Å². The van der Waals surface area contributed by atoms with Crippen molar-refractivity contribution in [3.8, 4) is 11.4 Å². The summed E-state index contributed by atoms with van der Waals surface area (Å²) >= 11 is 5.90. The third-order valence-corrected chi connectivity index (χ3v) is 4.65. The first kappa shape index (κ1) is 19.0. The fourth-order valence-electron chi connectivity index (χ4n) is 2.62. The Morgan fingerprint density at radius 1 is 1.26 bits per heavy atom. The Labute approximate surface area is 161 Å². The Hall–Kier alpha value is -2.73. The maximum Gasteiger partial charge on any atom is 0.252 e. The molecule has 0 aliphatic rings. The van der Waals surface area contributed by atoms with Gasteiger partial charge in [-0.1, -0.05) is 43.1 Å². The summed E-state index contributed by atoms with van der Waals surface area (Å²) in [5.74, 6) is -0.105. The Kier molecular flexibility index (Phi) is 5.86. The quantitative estimate of drug-likeness (QED) is 0.642. The number of hydrogen-bond donors (Lipinski definition) is 1. The molecule has 0 aliphatic heterocycles. The van der Waals surface area contributed by atoms with Crippen LogP contribution < -0.4 is 5.32 Å². The van der Waals surface area contributed by atoms with E-state index in [1.165, 1.54) is 18.2 Å². The van der Waals surface area contributed by atoms with Crippen molar-refractivity contribution >= 4 is 17.5 Å². The van der Waals surface area contributed by atoms with Gasteiger partial charge in [-0.25, -0.2) is 4.39 Å². The predicted molar refractivity (Wildman–Crippen MR) is 101 cm³/mol. The average Bonchev–Trinajstić information content (AvgIpc) is 3.15. The lowest BCUT2D eigenvalue weighted by atomic mass is 9.98. The SMILES string of the molecule is CCC(C)C(NC(=O)c1cccc(F)c1)c1nc(-c2ccc(Cl)cc2)no1. The number of hydrogen-bond acceptors (Lipinski definition) is 4. The monoisotopic (exact) mass is 387 g/mol. The minimum atomic E-state index is -0.487. The van der Waals surface area contributed by atoms with Crippen LogP contribution in [0.1, 0.15) is 42.6 Å². The molecule has 0 saturated heterocycles. The van der Waals surface area contributed by atoms with Gasteiger partial charge in [0.2, 0.25) is 11.7 Å². The second-order valence-electron chi connectivity index (χ2n) is 6.31. The third kappa shape index (κ3) is 4.52. The Morgan fingerprint density at radius 2 is 2.00 bits per heavy atom. The number of carbonyl (C=O) groups excluding carboxylic acids is 1. The van der Waals surface area contributed by atoms with E-state index in [9.17, 15) is 9.18 Å². The van der Waals surface area contributed by atoms with Gasteiger partial charge < -0.3 is 9.84 Å². The molecule has 2 atom stereocenters. The average molecular weight is 388 g/mol. The lowest BCUT2D eigenvalue weighted by molar-refractivity contribution is 0.0909. The number of nitrogens with one attached hydrogen (secondary N) is 1. The molecule has 7 heteroatoms. The summed E-state index contributed by atoms with van der Waals surface area (Å²) in [4.78, 5) is 17.0. The van der Waals surface area contributed by atoms with E-state index in [0.717, 1.165) is 12.0 Å². The van der Waals surface area contributed by atoms with Gasteiger partial charge in [0.15, 0.2) is 0 Å². The van der Waals surface area contributed by atoms with Crippen molar-refractivity contribution in [1.29, 1.82) is 0 Å². The van der Waals surface area contributed by atoms with Gasteiger partial charge in [-0.15, -0.1) is 0 Å². The van der Waals surface area contributed by atoms with Crippen LogP contribution in [-0.2, 0) is 0 Å². The van der Waals surface area contributed by atoms with Crippen LogP contribution in [0.25, 0.3) is 11.4 Å². The second-order valence-corrected chi connectivity index (χ2v) is 6.75. The fourth-order valence-corrected chi connectivity index (χ4v) is 2.74. The highest BCUT2D eigenvalue weighted by Crippen LogP contribution is 2.26. The van der Waals surface area contributed by atoms with Gasteiger partial charge in [-0.3, -0.25) is 4.79 Å². The molecule has 0 bridgehead atoms. The standard InChI is InChI=1S/C20H19ClFN3O2/c1-3-12(2)17(23-19(26)14-5-4-6-16(22)11-14)20-24-18(25-27-20)13-7-9-15(21)10-8-13/h4-12,17H,3H2,1-2H3,(H,23,26). The maximum absolute atomic E-state index is 13.4. The van der Waals surface area contributed by atoms with Gasteiger partial charge >= 0.3 is 0 Å². The van der Waals surface area contributed by atoms with Crippen LogP contribution in [0.2, 0.25) is 5.02 Å². The highest BCUT2D eigenvalue weighted by atomic mass is 35.5. The highest BCUT2D eigenvalue weighted by molar-refractivity contribution is 6.30. The zero-order valence-electron chi connectivity index (χ0n) is 14.9. The van der Waals surface area contributed by atoms with Crippen molar-refractivity contribution in [3.63, 3.8) is 0 Å². The molecule has 1 aromatic heterocycles. The normalized spacial score (nSPS) is 13.2. The molecule has 0 saturated carbocycles. The Bertz CT molecular complexity index is 927. The number of aromatic nitrogens is 2. The van der Waals surface area contributed by atoms with Crippen molar-refractivity contribution in [1.82, 2.24) is 15.5 Å². The van der Waals surface area contributed by atoms with Crippen molar-refractivity contribution in [2.75, 3.05) is 0 Å². The highest BCUT2D eigenvalue weighted by Gasteiger charge is 2.27. The van der Waals surface area contributed by atoms with E-state index in [-0.39, 0.29) is 11.5 Å². The minimum absolute atomic E-state index is 0.0426. The molecule has 3 aromatic rings. The fraction of sp³-hybridized carbons (Fsp3) is 0.250. The maximum atomic E-state index is 13.4. The molecule has 2 unspecified atom stereocenters. The summed E-state index contributed by atoms with van der Waals surface area (Å²) in [7, 11) is 0. The third-order valence-electron chi connectivity index (χ3n) is 4.40. The topological polar surface area (TPSA) is 68.0 Å². The number of benzene rings is 2. The molecule has 0 fully saturated rings. The van der Waals surface area contributed by atoms with Crippen molar-refractivity contribution in [3.05, 3.63) is 70.8 Å². The first-order valence-electron chi connectivity index (χ1n) is 8.64. The molecule has 0 aliphatic carbocycles. The van der Waals surface area contributed by atoms with E-state index in [0.29, 0.717) is 16.7 Å². The molecular weight excluding hydrogens is 369 g/mol. The minimum Gasteiger partial charge on any atom is -0.340 e. The van der Waals surface area contributed by atoms with Crippen molar-refractivity contribution in [2.45, 2.75) is 26.3 Å². The Balaban J connectivity index is 1.85. The first-order valence-corrected chi connectivity index (χ1v) is 9.01. The molecule has 1 N–H and O–H groups in total. The summed E-state index contributed by atoms with van der Waals surface area (Å²) < 4.78 is 18.8. The van der Waals surface area contributed by atoms with Gasteiger partial charge in [0.25, 0.3) is 5.91 Å². The van der Waals surface area contributed by atoms with Crippen molar-refractivity contribution in [2.24, 2.45) is 5.92 Å². The van der Waals surface area contributed by atoms with Crippen LogP contribution >= 0.6 is 11.6 Å². The van der Waals surface area contributed by atoms with E-state index in [1.54, 1.807) is 30.3 Å². The number of amides is 1. The molecule has 0 spiro atoms. The summed E-state index contributed by atoms with van der Waals surface area (Å²) in [6, 6.07) is 12.1. The zero-order valence-corrected chi connectivity index (χ0v) is 15.7. The second kappa shape index (κ2) is 8.31. The van der Waals surface area contributed by atoms with Gasteiger partial charge in [-0.2, -0.15) is 4.98 Å². The summed E-state index contributed by atoms with van der Waals surface area (Å²) in [6.07, 6.45) is 0.784. The molecule has 27 heavy (non-hydrogen) atoms. The molecule has 2 aromatic carbocycles. The van der Waals surface area contributed by atoms with Gasteiger partial charge in [-0.05, 0) is 48.4 Å². The number of carbonyl (C=O) groups is 1. The van der Waals surface area contributed by atoms with Crippen LogP contribution in [-0.4, -0.2) is 16.0 Å². The molecular formula is C20H19ClFN3O2. The van der Waals surface area contributed by atoms with Crippen LogP contribution in [0.4, 0.5) is 4.39 Å². The summed E-state index contributed by atoms with van der Waals surface area (Å²) in [5, 5.41) is 7.50. The largest absolute Gasteiger partial charge is 0.340 e. The van der Waals surface area contributed by atoms with Gasteiger partial charge in [0.1, 0.15) is 11.9 Å². The van der Waals surface area contributed by atoms with E-state index < -0.39 is 17.8 Å². The number of nitrogens with zero attached hydrogens (tertiary/aromatic N) is 2. The van der Waals surface area contributed by atoms with E-state index in [1.807, 2.05) is 13.8 Å². The van der Waals surface area contributed by atoms with Crippen LogP contribution in [0.3, 0.4) is 0 Å². The lowest BCUT2D eigenvalue weighted by Crippen LogP contribution is -2.32. The van der Waals surface area contributed by atoms with Crippen LogP contribution in [0, 0.1) is 11.7 Å². The van der Waals surface area contributed by atoms with E-state index >= 15 is 0 Å². The molecule has 3 rings (SSSR count). The van der Waals surface area contributed by atoms with Gasteiger partial charge in [0, 0.05) is 16.1 Å². The number of halogens is 2. The van der Waals surface area contributed by atoms with Crippen LogP contribution in [0.15, 0.2) is 53.1 Å². The lowest BCUT2D eigenvalue weighted by Gasteiger charge is -2.20.